The van der Waals surface area contributed by atoms with Crippen LogP contribution in [0.4, 0.5) is 0 Å². The van der Waals surface area contributed by atoms with E-state index in [0.29, 0.717) is 31.0 Å². The molecule has 1 aliphatic heterocycles. The van der Waals surface area contributed by atoms with Crippen LogP contribution in [0.25, 0.3) is 0 Å². The lowest BCUT2D eigenvalue weighted by atomic mass is 9.69. The zero-order valence-corrected chi connectivity index (χ0v) is 14.1. The number of nitrogens with zero attached hydrogens (tertiary/aromatic N) is 1. The first-order valence-corrected chi connectivity index (χ1v) is 8.45. The molecule has 1 saturated heterocycles. The van der Waals surface area contributed by atoms with Crippen molar-refractivity contribution in [1.29, 1.82) is 0 Å². The number of amides is 1. The van der Waals surface area contributed by atoms with Crippen molar-refractivity contribution in [3.8, 4) is 0 Å². The Morgan fingerprint density at radius 1 is 1.24 bits per heavy atom. The van der Waals surface area contributed by atoms with Crippen molar-refractivity contribution >= 4 is 5.91 Å². The topological polar surface area (TPSA) is 55.6 Å². The van der Waals surface area contributed by atoms with Crippen LogP contribution in [0.1, 0.15) is 53.4 Å². The van der Waals surface area contributed by atoms with E-state index in [1.807, 2.05) is 4.90 Å². The van der Waals surface area contributed by atoms with Gasteiger partial charge in [0.2, 0.25) is 5.91 Å². The number of ether oxygens (including phenoxy) is 1. The normalized spacial score (nSPS) is 34.8. The highest BCUT2D eigenvalue weighted by Crippen LogP contribution is 2.40. The minimum absolute atomic E-state index is 0.0102. The molecule has 0 spiro atoms. The molecule has 2 N–H and O–H groups in total. The molecule has 21 heavy (non-hydrogen) atoms. The third-order valence-corrected chi connectivity index (χ3v) is 5.35. The minimum atomic E-state index is 0.0102. The van der Waals surface area contributed by atoms with Crippen LogP contribution >= 0.6 is 0 Å². The first kappa shape index (κ1) is 16.8. The molecule has 122 valence electrons. The summed E-state index contributed by atoms with van der Waals surface area (Å²) >= 11 is 0. The summed E-state index contributed by atoms with van der Waals surface area (Å²) in [5.74, 6) is 1.29. The Morgan fingerprint density at radius 2 is 1.86 bits per heavy atom. The number of rotatable bonds is 2. The van der Waals surface area contributed by atoms with E-state index in [1.165, 1.54) is 12.8 Å². The van der Waals surface area contributed by atoms with Gasteiger partial charge in [0.25, 0.3) is 0 Å². The van der Waals surface area contributed by atoms with Gasteiger partial charge in [-0.15, -0.1) is 0 Å². The average Bonchev–Trinajstić information content (AvgIpc) is 2.46. The summed E-state index contributed by atoms with van der Waals surface area (Å²) in [6.07, 6.45) is 4.45. The second kappa shape index (κ2) is 6.66. The molecule has 2 unspecified atom stereocenters. The third kappa shape index (κ3) is 3.98. The monoisotopic (exact) mass is 296 g/mol. The predicted molar refractivity (Wildman–Crippen MR) is 84.9 cm³/mol. The van der Waals surface area contributed by atoms with Gasteiger partial charge in [-0.3, -0.25) is 4.79 Å². The smallest absolute Gasteiger partial charge is 0.226 e. The van der Waals surface area contributed by atoms with E-state index in [0.717, 1.165) is 18.8 Å². The summed E-state index contributed by atoms with van der Waals surface area (Å²) in [6, 6.07) is 0.181. The van der Waals surface area contributed by atoms with Crippen LogP contribution < -0.4 is 5.73 Å². The van der Waals surface area contributed by atoms with Crippen LogP contribution in [0.3, 0.4) is 0 Å². The Morgan fingerprint density at radius 3 is 2.38 bits per heavy atom. The highest BCUT2D eigenvalue weighted by molar-refractivity contribution is 5.79. The van der Waals surface area contributed by atoms with Gasteiger partial charge in [-0.05, 0) is 43.9 Å². The molecule has 1 saturated carbocycles. The van der Waals surface area contributed by atoms with Gasteiger partial charge in [0.05, 0.1) is 18.8 Å². The van der Waals surface area contributed by atoms with E-state index in [2.05, 4.69) is 27.7 Å². The summed E-state index contributed by atoms with van der Waals surface area (Å²) < 4.78 is 5.65. The maximum atomic E-state index is 12.8. The molecule has 2 aliphatic rings. The van der Waals surface area contributed by atoms with E-state index >= 15 is 0 Å². The molecule has 0 aromatic rings. The van der Waals surface area contributed by atoms with Crippen LogP contribution in [-0.2, 0) is 9.53 Å². The van der Waals surface area contributed by atoms with Crippen LogP contribution in [0.15, 0.2) is 0 Å². The predicted octanol–water partition coefficient (Wildman–Crippen LogP) is 2.41. The Kier molecular flexibility index (Phi) is 5.31. The van der Waals surface area contributed by atoms with Crippen molar-refractivity contribution in [3.05, 3.63) is 0 Å². The van der Waals surface area contributed by atoms with E-state index in [9.17, 15) is 4.79 Å². The zero-order valence-electron chi connectivity index (χ0n) is 14.1. The molecular formula is C17H32N2O2. The highest BCUT2D eigenvalue weighted by Gasteiger charge is 2.37. The first-order valence-electron chi connectivity index (χ1n) is 8.45. The number of hydrogen-bond donors (Lipinski definition) is 1. The molecule has 0 radical (unpaired) electrons. The van der Waals surface area contributed by atoms with E-state index in [1.54, 1.807) is 0 Å². The molecule has 1 aliphatic carbocycles. The molecule has 0 aromatic carbocycles. The van der Waals surface area contributed by atoms with Crippen molar-refractivity contribution in [1.82, 2.24) is 4.90 Å². The summed E-state index contributed by atoms with van der Waals surface area (Å²) in [5, 5.41) is 0. The van der Waals surface area contributed by atoms with E-state index in [4.69, 9.17) is 10.5 Å². The molecular weight excluding hydrogens is 264 g/mol. The van der Waals surface area contributed by atoms with Crippen LogP contribution in [-0.4, -0.2) is 42.6 Å². The van der Waals surface area contributed by atoms with Crippen LogP contribution in [0.2, 0.25) is 0 Å². The van der Waals surface area contributed by atoms with Gasteiger partial charge in [-0.2, -0.15) is 0 Å². The Hall–Kier alpha value is -0.610. The SMILES string of the molecule is CC1COC(CN)CN1C(=O)C1CCC(C(C)(C)C)CC1. The molecule has 2 fully saturated rings. The lowest BCUT2D eigenvalue weighted by Gasteiger charge is -2.42. The molecule has 4 nitrogen and oxygen atoms in total. The maximum absolute atomic E-state index is 12.8. The lowest BCUT2D eigenvalue weighted by molar-refractivity contribution is -0.149. The number of carbonyl (C=O) groups is 1. The molecule has 2 atom stereocenters. The van der Waals surface area contributed by atoms with Crippen LogP contribution in [0.5, 0.6) is 0 Å². The number of nitrogens with two attached hydrogens (primary N) is 1. The minimum Gasteiger partial charge on any atom is -0.373 e. The lowest BCUT2D eigenvalue weighted by Crippen LogP contribution is -2.54. The molecule has 0 aromatic heterocycles. The van der Waals surface area contributed by atoms with Gasteiger partial charge in [0.1, 0.15) is 0 Å². The fourth-order valence-corrected chi connectivity index (χ4v) is 3.71. The van der Waals surface area contributed by atoms with Crippen molar-refractivity contribution in [2.75, 3.05) is 19.7 Å². The van der Waals surface area contributed by atoms with Crippen molar-refractivity contribution in [2.45, 2.75) is 65.5 Å². The Bertz CT molecular complexity index is 356. The van der Waals surface area contributed by atoms with Gasteiger partial charge in [-0.1, -0.05) is 20.8 Å². The Balaban J connectivity index is 1.92. The molecule has 0 bridgehead atoms. The molecule has 2 rings (SSSR count). The summed E-state index contributed by atoms with van der Waals surface area (Å²) in [6.45, 7) is 10.8. The highest BCUT2D eigenvalue weighted by atomic mass is 16.5. The molecule has 1 amide bonds. The maximum Gasteiger partial charge on any atom is 0.226 e. The largest absolute Gasteiger partial charge is 0.373 e. The quantitative estimate of drug-likeness (QED) is 0.851. The zero-order chi connectivity index (χ0) is 15.6. The second-order valence-corrected chi connectivity index (χ2v) is 7.95. The van der Waals surface area contributed by atoms with Crippen molar-refractivity contribution in [3.63, 3.8) is 0 Å². The van der Waals surface area contributed by atoms with Crippen molar-refractivity contribution in [2.24, 2.45) is 23.0 Å². The number of carbonyl (C=O) groups excluding carboxylic acids is 1. The van der Waals surface area contributed by atoms with Gasteiger partial charge < -0.3 is 15.4 Å². The number of morpholine rings is 1. The summed E-state index contributed by atoms with van der Waals surface area (Å²) in [7, 11) is 0. The Labute approximate surface area is 129 Å². The fourth-order valence-electron chi connectivity index (χ4n) is 3.71. The first-order chi connectivity index (χ1) is 9.82. The van der Waals surface area contributed by atoms with Crippen LogP contribution in [0, 0.1) is 17.3 Å². The second-order valence-electron chi connectivity index (χ2n) is 7.95. The standard InChI is InChI=1S/C17H32N2O2/c1-12-11-21-15(9-18)10-19(12)16(20)13-5-7-14(8-6-13)17(2,3)4/h12-15H,5-11,18H2,1-4H3. The summed E-state index contributed by atoms with van der Waals surface area (Å²) in [4.78, 5) is 14.8. The van der Waals surface area contributed by atoms with E-state index < -0.39 is 0 Å². The third-order valence-electron chi connectivity index (χ3n) is 5.35. The average molecular weight is 296 g/mol. The summed E-state index contributed by atoms with van der Waals surface area (Å²) in [5.41, 5.74) is 6.06. The molecule has 1 heterocycles. The van der Waals surface area contributed by atoms with Crippen molar-refractivity contribution < 1.29 is 9.53 Å². The molecule has 4 heteroatoms. The fraction of sp³-hybridized carbons (Fsp3) is 0.941. The van der Waals surface area contributed by atoms with E-state index in [-0.39, 0.29) is 18.1 Å². The van der Waals surface area contributed by atoms with Gasteiger partial charge in [-0.25, -0.2) is 0 Å². The number of hydrogen-bond acceptors (Lipinski definition) is 3. The van der Waals surface area contributed by atoms with Gasteiger partial charge >= 0.3 is 0 Å². The van der Waals surface area contributed by atoms with Gasteiger partial charge in [0, 0.05) is 19.0 Å². The van der Waals surface area contributed by atoms with Gasteiger partial charge in [0.15, 0.2) is 0 Å².